The van der Waals surface area contributed by atoms with E-state index in [1.54, 1.807) is 41.2 Å². The normalized spacial score (nSPS) is 10.5. The number of nitrogens with one attached hydrogen (secondary N) is 1. The van der Waals surface area contributed by atoms with Crippen LogP contribution in [-0.4, -0.2) is 19.9 Å². The van der Waals surface area contributed by atoms with Crippen molar-refractivity contribution in [2.75, 3.05) is 11.1 Å². The minimum absolute atomic E-state index is 0.0899. The van der Waals surface area contributed by atoms with Crippen molar-refractivity contribution in [1.82, 2.24) is 14.8 Å². The largest absolute Gasteiger partial charge is 0.438 e. The first-order valence-electron chi connectivity index (χ1n) is 9.50. The Kier molecular flexibility index (Phi) is 5.51. The highest BCUT2D eigenvalue weighted by molar-refractivity contribution is 5.70. The molecule has 4 aromatic rings. The van der Waals surface area contributed by atoms with Crippen LogP contribution in [0.1, 0.15) is 11.1 Å². The van der Waals surface area contributed by atoms with Crippen LogP contribution in [0, 0.1) is 11.3 Å². The first-order chi connectivity index (χ1) is 15.1. The van der Waals surface area contributed by atoms with Gasteiger partial charge in [0.15, 0.2) is 0 Å². The number of aliphatic hydroxyl groups is 1. The molecule has 0 fully saturated rings. The van der Waals surface area contributed by atoms with Gasteiger partial charge in [0, 0.05) is 30.6 Å². The van der Waals surface area contributed by atoms with Crippen LogP contribution in [-0.2, 0) is 13.7 Å². The molecule has 0 spiro atoms. The summed E-state index contributed by atoms with van der Waals surface area (Å²) in [6.45, 7) is -0.117. The van der Waals surface area contributed by atoms with Gasteiger partial charge in [0.1, 0.15) is 23.2 Å². The average Bonchev–Trinajstić information content (AvgIpc) is 3.20. The molecule has 4 rings (SSSR count). The van der Waals surface area contributed by atoms with Crippen molar-refractivity contribution < 1.29 is 9.84 Å². The molecule has 0 unspecified atom stereocenters. The van der Waals surface area contributed by atoms with Gasteiger partial charge in [0.2, 0.25) is 5.88 Å². The quantitative estimate of drug-likeness (QED) is 0.438. The van der Waals surface area contributed by atoms with Gasteiger partial charge in [0.05, 0.1) is 18.5 Å². The molecule has 0 aliphatic rings. The van der Waals surface area contributed by atoms with Crippen LogP contribution in [0.15, 0.2) is 67.0 Å². The fourth-order valence-electron chi connectivity index (χ4n) is 3.07. The lowest BCUT2D eigenvalue weighted by Crippen LogP contribution is -2.02. The highest BCUT2D eigenvalue weighted by Crippen LogP contribution is 2.31. The van der Waals surface area contributed by atoms with E-state index in [0.29, 0.717) is 17.1 Å². The molecule has 0 aliphatic carbocycles. The second-order valence-corrected chi connectivity index (χ2v) is 6.90. The van der Waals surface area contributed by atoms with Crippen molar-refractivity contribution in [3.8, 4) is 28.8 Å². The number of nitrogens with zero attached hydrogens (tertiary/aromatic N) is 4. The molecule has 0 aliphatic heterocycles. The summed E-state index contributed by atoms with van der Waals surface area (Å²) in [6.07, 6.45) is 3.75. The maximum absolute atomic E-state index is 9.48. The summed E-state index contributed by atoms with van der Waals surface area (Å²) in [7, 11) is 1.88. The number of nitrogen functional groups attached to an aromatic ring is 1. The summed E-state index contributed by atoms with van der Waals surface area (Å²) in [5.41, 5.74) is 10.0. The molecule has 8 nitrogen and oxygen atoms in total. The number of pyridine rings is 1. The van der Waals surface area contributed by atoms with Crippen LogP contribution in [0.4, 0.5) is 17.2 Å². The third-order valence-corrected chi connectivity index (χ3v) is 4.62. The number of rotatable bonds is 6. The molecule has 154 valence electrons. The number of nitrogens with two attached hydrogens (primary N) is 1. The van der Waals surface area contributed by atoms with E-state index in [-0.39, 0.29) is 23.7 Å². The topological polar surface area (TPSA) is 122 Å². The van der Waals surface area contributed by atoms with Gasteiger partial charge < -0.3 is 20.9 Å². The minimum Gasteiger partial charge on any atom is -0.438 e. The standard InChI is InChI=1S/C23H20N6O2/c1-29-13-17(12-26-29)16-5-7-18(8-6-16)27-22-10-21(25)20(11-24)23(28-22)31-19-4-2-3-15(9-19)14-30/h2-10,12-13,30H,14H2,1H3,(H3,25,27,28). The molecule has 0 bridgehead atoms. The number of aryl methyl sites for hydroxylation is 1. The number of ether oxygens (including phenoxy) is 1. The molecule has 2 heterocycles. The SMILES string of the molecule is Cn1cc(-c2ccc(Nc3cc(N)c(C#N)c(Oc4cccc(CO)c4)n3)cc2)cn1. The number of benzene rings is 2. The Morgan fingerprint density at radius 3 is 2.65 bits per heavy atom. The lowest BCUT2D eigenvalue weighted by atomic mass is 10.1. The van der Waals surface area contributed by atoms with Gasteiger partial charge >= 0.3 is 0 Å². The van der Waals surface area contributed by atoms with E-state index in [9.17, 15) is 10.4 Å². The number of nitriles is 1. The highest BCUT2D eigenvalue weighted by Gasteiger charge is 2.14. The van der Waals surface area contributed by atoms with Crippen molar-refractivity contribution in [2.45, 2.75) is 6.61 Å². The zero-order chi connectivity index (χ0) is 21.8. The van der Waals surface area contributed by atoms with Crippen LogP contribution in [0.5, 0.6) is 11.6 Å². The Bertz CT molecular complexity index is 1260. The van der Waals surface area contributed by atoms with Gasteiger partial charge in [-0.1, -0.05) is 24.3 Å². The van der Waals surface area contributed by atoms with Gasteiger partial charge in [-0.2, -0.15) is 15.3 Å². The number of hydrogen-bond acceptors (Lipinski definition) is 7. The molecule has 0 atom stereocenters. The van der Waals surface area contributed by atoms with E-state index >= 15 is 0 Å². The van der Waals surface area contributed by atoms with E-state index in [4.69, 9.17) is 10.5 Å². The monoisotopic (exact) mass is 412 g/mol. The first kappa shape index (κ1) is 19.9. The zero-order valence-corrected chi connectivity index (χ0v) is 16.8. The van der Waals surface area contributed by atoms with Crippen molar-refractivity contribution in [2.24, 2.45) is 7.05 Å². The molecule has 4 N–H and O–H groups in total. The van der Waals surface area contributed by atoms with Crippen molar-refractivity contribution in [3.05, 3.63) is 78.1 Å². The fourth-order valence-corrected chi connectivity index (χ4v) is 3.07. The predicted octanol–water partition coefficient (Wildman–Crippen LogP) is 3.96. The van der Waals surface area contributed by atoms with Crippen molar-refractivity contribution in [1.29, 1.82) is 5.26 Å². The average molecular weight is 412 g/mol. The van der Waals surface area contributed by atoms with Gasteiger partial charge in [-0.05, 0) is 35.4 Å². The summed E-state index contributed by atoms with van der Waals surface area (Å²) in [5.74, 6) is 0.985. The molecule has 0 amide bonds. The maximum atomic E-state index is 9.48. The number of hydrogen-bond donors (Lipinski definition) is 3. The van der Waals surface area contributed by atoms with Gasteiger partial charge in [-0.15, -0.1) is 0 Å². The third kappa shape index (κ3) is 4.47. The molecule has 0 saturated heterocycles. The van der Waals surface area contributed by atoms with Crippen LogP contribution in [0.25, 0.3) is 11.1 Å². The zero-order valence-electron chi connectivity index (χ0n) is 16.8. The minimum atomic E-state index is -0.117. The molecular formula is C23H20N6O2. The Labute approximate surface area is 179 Å². The van der Waals surface area contributed by atoms with Crippen LogP contribution in [0.3, 0.4) is 0 Å². The van der Waals surface area contributed by atoms with Gasteiger partial charge in [0.25, 0.3) is 0 Å². The second-order valence-electron chi connectivity index (χ2n) is 6.90. The van der Waals surface area contributed by atoms with E-state index in [2.05, 4.69) is 15.4 Å². The number of anilines is 3. The number of aliphatic hydroxyl groups excluding tert-OH is 1. The molecule has 31 heavy (non-hydrogen) atoms. The van der Waals surface area contributed by atoms with E-state index in [0.717, 1.165) is 16.8 Å². The first-order valence-corrected chi connectivity index (χ1v) is 9.50. The highest BCUT2D eigenvalue weighted by atomic mass is 16.5. The summed E-state index contributed by atoms with van der Waals surface area (Å²) < 4.78 is 7.56. The Morgan fingerprint density at radius 2 is 1.97 bits per heavy atom. The summed E-state index contributed by atoms with van der Waals surface area (Å²) in [6, 6.07) is 18.3. The molecule has 0 saturated carbocycles. The van der Waals surface area contributed by atoms with E-state index in [1.807, 2.05) is 43.6 Å². The number of aromatic nitrogens is 3. The third-order valence-electron chi connectivity index (χ3n) is 4.62. The van der Waals surface area contributed by atoms with Crippen LogP contribution >= 0.6 is 0 Å². The van der Waals surface area contributed by atoms with E-state index < -0.39 is 0 Å². The summed E-state index contributed by atoms with van der Waals surface area (Å²) >= 11 is 0. The van der Waals surface area contributed by atoms with Crippen molar-refractivity contribution >= 4 is 17.2 Å². The predicted molar refractivity (Wildman–Crippen MR) is 118 cm³/mol. The van der Waals surface area contributed by atoms with Crippen molar-refractivity contribution in [3.63, 3.8) is 0 Å². The smallest absolute Gasteiger partial charge is 0.241 e. The maximum Gasteiger partial charge on any atom is 0.241 e. The summed E-state index contributed by atoms with van der Waals surface area (Å²) in [4.78, 5) is 4.42. The molecule has 2 aromatic heterocycles. The summed E-state index contributed by atoms with van der Waals surface area (Å²) in [5, 5.41) is 26.2. The molecular weight excluding hydrogens is 392 g/mol. The fraction of sp³-hybridized carbons (Fsp3) is 0.0870. The van der Waals surface area contributed by atoms with Gasteiger partial charge in [-0.3, -0.25) is 4.68 Å². The Balaban J connectivity index is 1.59. The molecule has 2 aromatic carbocycles. The lowest BCUT2D eigenvalue weighted by molar-refractivity contribution is 0.281. The van der Waals surface area contributed by atoms with Gasteiger partial charge in [-0.25, -0.2) is 0 Å². The molecule has 8 heteroatoms. The lowest BCUT2D eigenvalue weighted by Gasteiger charge is -2.12. The van der Waals surface area contributed by atoms with Crippen LogP contribution < -0.4 is 15.8 Å². The second kappa shape index (κ2) is 8.57. The van der Waals surface area contributed by atoms with Crippen LogP contribution in [0.2, 0.25) is 0 Å². The van der Waals surface area contributed by atoms with E-state index in [1.165, 1.54) is 0 Å². The molecule has 0 radical (unpaired) electrons. The Morgan fingerprint density at radius 1 is 1.16 bits per heavy atom. The Hall–Kier alpha value is -4.35.